The summed E-state index contributed by atoms with van der Waals surface area (Å²) in [5.74, 6) is -0.0153. The number of anilines is 1. The molecule has 160 valence electrons. The van der Waals surface area contributed by atoms with E-state index in [1.54, 1.807) is 17.0 Å². The molecule has 31 heavy (non-hydrogen) atoms. The van der Waals surface area contributed by atoms with Gasteiger partial charge in [-0.25, -0.2) is 4.98 Å². The Hall–Kier alpha value is -3.27. The van der Waals surface area contributed by atoms with Gasteiger partial charge in [0.1, 0.15) is 23.8 Å². The SMILES string of the molecule is COc1ccc2c(n1)C1(CO2)OC(=S)N(Cc2ccc(C(F)(F)F)o2)c2ccccc21. The average Bonchev–Trinajstić information content (AvgIpc) is 3.37. The van der Waals surface area contributed by atoms with Crippen LogP contribution < -0.4 is 14.4 Å². The van der Waals surface area contributed by atoms with Crippen LogP contribution in [0.3, 0.4) is 0 Å². The number of fused-ring (bicyclic) bond motifs is 4. The molecule has 1 unspecified atom stereocenters. The second kappa shape index (κ2) is 6.88. The van der Waals surface area contributed by atoms with Crippen LogP contribution in [0.2, 0.25) is 0 Å². The maximum Gasteiger partial charge on any atom is 0.449 e. The lowest BCUT2D eigenvalue weighted by atomic mass is 9.88. The zero-order valence-electron chi connectivity index (χ0n) is 16.1. The van der Waals surface area contributed by atoms with Gasteiger partial charge < -0.3 is 18.6 Å². The van der Waals surface area contributed by atoms with Crippen molar-refractivity contribution in [1.29, 1.82) is 0 Å². The first-order chi connectivity index (χ1) is 14.8. The largest absolute Gasteiger partial charge is 0.486 e. The average molecular weight is 448 g/mol. The molecule has 0 fully saturated rings. The number of nitrogens with zero attached hydrogens (tertiary/aromatic N) is 2. The number of methoxy groups -OCH3 is 1. The highest BCUT2D eigenvalue weighted by molar-refractivity contribution is 7.80. The first kappa shape index (κ1) is 19.7. The van der Waals surface area contributed by atoms with Crippen molar-refractivity contribution in [2.24, 2.45) is 0 Å². The summed E-state index contributed by atoms with van der Waals surface area (Å²) in [7, 11) is 1.51. The number of para-hydroxylation sites is 1. The number of pyridine rings is 1. The van der Waals surface area contributed by atoms with Crippen molar-refractivity contribution in [1.82, 2.24) is 4.98 Å². The van der Waals surface area contributed by atoms with E-state index >= 15 is 0 Å². The molecule has 0 aliphatic carbocycles. The molecular formula is C21H15F3N2O4S. The summed E-state index contributed by atoms with van der Waals surface area (Å²) in [6, 6.07) is 12.9. The summed E-state index contributed by atoms with van der Waals surface area (Å²) in [4.78, 5) is 6.12. The molecule has 1 atom stereocenters. The zero-order valence-corrected chi connectivity index (χ0v) is 16.9. The predicted octanol–water partition coefficient (Wildman–Crippen LogP) is 4.66. The van der Waals surface area contributed by atoms with Crippen LogP contribution in [-0.4, -0.2) is 23.9 Å². The molecule has 4 heterocycles. The van der Waals surface area contributed by atoms with Gasteiger partial charge in [-0.1, -0.05) is 18.2 Å². The van der Waals surface area contributed by atoms with Crippen molar-refractivity contribution in [3.8, 4) is 11.6 Å². The molecule has 1 spiro atoms. The Morgan fingerprint density at radius 3 is 2.71 bits per heavy atom. The summed E-state index contributed by atoms with van der Waals surface area (Å²) in [5.41, 5.74) is 0.836. The van der Waals surface area contributed by atoms with Crippen molar-refractivity contribution in [3.05, 3.63) is 71.3 Å². The summed E-state index contributed by atoms with van der Waals surface area (Å²) >= 11 is 5.51. The van der Waals surface area contributed by atoms with Gasteiger partial charge in [-0.05, 0) is 36.5 Å². The maximum atomic E-state index is 12.9. The highest BCUT2D eigenvalue weighted by Crippen LogP contribution is 2.50. The van der Waals surface area contributed by atoms with Crippen molar-refractivity contribution in [2.75, 3.05) is 18.6 Å². The molecule has 3 aromatic rings. The number of alkyl halides is 3. The second-order valence-electron chi connectivity index (χ2n) is 7.05. The number of thiocarbonyl (C=S) groups is 1. The van der Waals surface area contributed by atoms with Crippen LogP contribution in [0, 0.1) is 0 Å². The van der Waals surface area contributed by atoms with E-state index in [4.69, 9.17) is 30.8 Å². The topological polar surface area (TPSA) is 57.0 Å². The van der Waals surface area contributed by atoms with E-state index in [1.165, 1.54) is 13.2 Å². The van der Waals surface area contributed by atoms with Gasteiger partial charge in [-0.3, -0.25) is 4.90 Å². The lowest BCUT2D eigenvalue weighted by Gasteiger charge is -2.40. The van der Waals surface area contributed by atoms with Crippen molar-refractivity contribution < 1.29 is 31.8 Å². The van der Waals surface area contributed by atoms with Gasteiger partial charge in [-0.2, -0.15) is 13.2 Å². The molecule has 5 rings (SSSR count). The molecule has 6 nitrogen and oxygen atoms in total. The second-order valence-corrected chi connectivity index (χ2v) is 7.40. The first-order valence-corrected chi connectivity index (χ1v) is 9.67. The van der Waals surface area contributed by atoms with E-state index in [1.807, 2.05) is 24.3 Å². The van der Waals surface area contributed by atoms with E-state index in [-0.39, 0.29) is 24.1 Å². The molecule has 1 aromatic carbocycles. The monoisotopic (exact) mass is 448 g/mol. The summed E-state index contributed by atoms with van der Waals surface area (Å²) in [6.45, 7) is 0.119. The lowest BCUT2D eigenvalue weighted by Crippen LogP contribution is -2.47. The molecule has 0 bridgehead atoms. The fraction of sp³-hybridized carbons (Fsp3) is 0.238. The van der Waals surface area contributed by atoms with Crippen LogP contribution in [0.15, 0.2) is 52.9 Å². The zero-order chi connectivity index (χ0) is 21.8. The highest BCUT2D eigenvalue weighted by Gasteiger charge is 2.52. The Bertz CT molecular complexity index is 1180. The molecule has 0 N–H and O–H groups in total. The minimum Gasteiger partial charge on any atom is -0.486 e. The van der Waals surface area contributed by atoms with Gasteiger partial charge >= 0.3 is 6.18 Å². The molecule has 2 aliphatic heterocycles. The van der Waals surface area contributed by atoms with Crippen molar-refractivity contribution in [2.45, 2.75) is 18.3 Å². The fourth-order valence-corrected chi connectivity index (χ4v) is 4.11. The van der Waals surface area contributed by atoms with E-state index in [9.17, 15) is 13.2 Å². The van der Waals surface area contributed by atoms with E-state index in [0.717, 1.165) is 11.6 Å². The smallest absolute Gasteiger partial charge is 0.449 e. The number of hydrogen-bond donors (Lipinski definition) is 0. The minimum atomic E-state index is -4.56. The van der Waals surface area contributed by atoms with E-state index < -0.39 is 17.5 Å². The van der Waals surface area contributed by atoms with Crippen molar-refractivity contribution >= 4 is 23.1 Å². The molecule has 0 saturated carbocycles. The van der Waals surface area contributed by atoms with Crippen molar-refractivity contribution in [3.63, 3.8) is 0 Å². The Labute approximate surface area is 180 Å². The number of rotatable bonds is 3. The van der Waals surface area contributed by atoms with Crippen LogP contribution in [0.1, 0.15) is 22.8 Å². The fourth-order valence-electron chi connectivity index (χ4n) is 3.81. The van der Waals surface area contributed by atoms with E-state index in [2.05, 4.69) is 4.98 Å². The Balaban J connectivity index is 1.57. The van der Waals surface area contributed by atoms with E-state index in [0.29, 0.717) is 23.0 Å². The minimum absolute atomic E-state index is 0.0265. The molecular weight excluding hydrogens is 433 g/mol. The number of hydrogen-bond acceptors (Lipinski definition) is 6. The standard InChI is InChI=1S/C21H15F3N2O4S/c1-27-17-9-7-15-18(25-17)20(11-28-15)13-4-2-3-5-14(13)26(19(31)30-20)10-12-6-8-16(29-12)21(22,23)24/h2-9H,10-11H2,1H3. The highest BCUT2D eigenvalue weighted by atomic mass is 32.1. The van der Waals surface area contributed by atoms with Gasteiger partial charge in [0.25, 0.3) is 5.17 Å². The van der Waals surface area contributed by atoms with Gasteiger partial charge in [0.15, 0.2) is 0 Å². The predicted molar refractivity (Wildman–Crippen MR) is 107 cm³/mol. The molecule has 2 aliphatic rings. The van der Waals surface area contributed by atoms with Gasteiger partial charge in [-0.15, -0.1) is 0 Å². The van der Waals surface area contributed by atoms with Gasteiger partial charge in [0.05, 0.1) is 19.3 Å². The van der Waals surface area contributed by atoms with Crippen LogP contribution in [0.5, 0.6) is 11.6 Å². The third-order valence-corrected chi connectivity index (χ3v) is 5.53. The van der Waals surface area contributed by atoms with Crippen LogP contribution >= 0.6 is 12.2 Å². The van der Waals surface area contributed by atoms with Crippen LogP contribution in [0.4, 0.5) is 18.9 Å². The Kier molecular flexibility index (Phi) is 4.37. The summed E-state index contributed by atoms with van der Waals surface area (Å²) in [5, 5.41) is 0.0738. The third kappa shape index (κ3) is 3.09. The number of furan rings is 1. The molecule has 0 amide bonds. The number of halogens is 3. The van der Waals surface area contributed by atoms with Gasteiger partial charge in [0.2, 0.25) is 17.2 Å². The van der Waals surface area contributed by atoms with Crippen LogP contribution in [-0.2, 0) is 23.1 Å². The number of ether oxygens (including phenoxy) is 3. The summed E-state index contributed by atoms with van der Waals surface area (Å²) in [6.07, 6.45) is -4.56. The molecule has 0 saturated heterocycles. The third-order valence-electron chi connectivity index (χ3n) is 5.22. The normalized spacial score (nSPS) is 19.6. The molecule has 2 aromatic heterocycles. The number of benzene rings is 1. The Morgan fingerprint density at radius 1 is 1.16 bits per heavy atom. The molecule has 0 radical (unpaired) electrons. The Morgan fingerprint density at radius 2 is 1.97 bits per heavy atom. The summed E-state index contributed by atoms with van der Waals surface area (Å²) < 4.78 is 61.0. The number of aromatic nitrogens is 1. The molecule has 10 heteroatoms. The van der Waals surface area contributed by atoms with Crippen LogP contribution in [0.25, 0.3) is 0 Å². The maximum absolute atomic E-state index is 12.9. The van der Waals surface area contributed by atoms with Gasteiger partial charge in [0, 0.05) is 11.6 Å². The first-order valence-electron chi connectivity index (χ1n) is 9.26. The quantitative estimate of drug-likeness (QED) is 0.540. The lowest BCUT2D eigenvalue weighted by molar-refractivity contribution is -0.153.